The first-order chi connectivity index (χ1) is 17.2. The van der Waals surface area contributed by atoms with E-state index in [0.29, 0.717) is 24.2 Å². The highest BCUT2D eigenvalue weighted by Crippen LogP contribution is 2.46. The Morgan fingerprint density at radius 2 is 1.58 bits per heavy atom. The van der Waals surface area contributed by atoms with E-state index in [1.807, 2.05) is 36.4 Å². The number of esters is 2. The van der Waals surface area contributed by atoms with E-state index in [-0.39, 0.29) is 23.7 Å². The summed E-state index contributed by atoms with van der Waals surface area (Å²) in [6.07, 6.45) is 0.283. The van der Waals surface area contributed by atoms with Crippen molar-refractivity contribution in [3.63, 3.8) is 0 Å². The van der Waals surface area contributed by atoms with Gasteiger partial charge in [0.25, 0.3) is 0 Å². The van der Waals surface area contributed by atoms with Crippen LogP contribution in [0.4, 0.5) is 10.1 Å². The van der Waals surface area contributed by atoms with Crippen LogP contribution in [0.3, 0.4) is 0 Å². The summed E-state index contributed by atoms with van der Waals surface area (Å²) in [5.74, 6) is -1.16. The van der Waals surface area contributed by atoms with Crippen molar-refractivity contribution >= 4 is 46.1 Å². The maximum atomic E-state index is 13.4. The number of anilines is 1. The SMILES string of the molecule is CC(=O)Oc1ccc([C@@H]2C(CC[C@H](OC(C)=O)c3ccc(F)cc3)C(=O)N2c2ccc(I)cc2)cc1. The van der Waals surface area contributed by atoms with Crippen LogP contribution in [0.1, 0.15) is 50.0 Å². The van der Waals surface area contributed by atoms with Gasteiger partial charge >= 0.3 is 11.9 Å². The van der Waals surface area contributed by atoms with Gasteiger partial charge in [-0.25, -0.2) is 4.39 Å². The molecule has 3 atom stereocenters. The van der Waals surface area contributed by atoms with Crippen LogP contribution >= 0.6 is 22.6 Å². The van der Waals surface area contributed by atoms with Crippen LogP contribution in [0, 0.1) is 15.3 Å². The molecule has 0 radical (unpaired) electrons. The Morgan fingerprint density at radius 1 is 0.944 bits per heavy atom. The topological polar surface area (TPSA) is 72.9 Å². The van der Waals surface area contributed by atoms with Crippen molar-refractivity contribution in [3.8, 4) is 5.75 Å². The van der Waals surface area contributed by atoms with Gasteiger partial charge < -0.3 is 14.4 Å². The van der Waals surface area contributed by atoms with Crippen molar-refractivity contribution in [1.29, 1.82) is 0 Å². The zero-order valence-electron chi connectivity index (χ0n) is 19.8. The number of amides is 1. The molecule has 4 rings (SSSR count). The van der Waals surface area contributed by atoms with Crippen LogP contribution in [0.15, 0.2) is 72.8 Å². The molecule has 36 heavy (non-hydrogen) atoms. The minimum absolute atomic E-state index is 0.0223. The summed E-state index contributed by atoms with van der Waals surface area (Å²) in [6.45, 7) is 2.67. The Morgan fingerprint density at radius 3 is 2.17 bits per heavy atom. The van der Waals surface area contributed by atoms with Crippen molar-refractivity contribution in [2.45, 2.75) is 38.8 Å². The van der Waals surface area contributed by atoms with Crippen LogP contribution in [-0.2, 0) is 19.1 Å². The number of halogens is 2. The van der Waals surface area contributed by atoms with Crippen molar-refractivity contribution in [3.05, 3.63) is 93.3 Å². The van der Waals surface area contributed by atoms with Crippen LogP contribution in [0.5, 0.6) is 5.75 Å². The summed E-state index contributed by atoms with van der Waals surface area (Å²) in [7, 11) is 0. The second-order valence-corrected chi connectivity index (χ2v) is 9.87. The maximum Gasteiger partial charge on any atom is 0.308 e. The van der Waals surface area contributed by atoms with Crippen molar-refractivity contribution in [2.75, 3.05) is 4.90 Å². The maximum absolute atomic E-state index is 13.4. The molecule has 1 heterocycles. The lowest BCUT2D eigenvalue weighted by atomic mass is 9.78. The molecule has 1 aliphatic rings. The molecule has 1 unspecified atom stereocenters. The molecular weight excluding hydrogens is 576 g/mol. The van der Waals surface area contributed by atoms with Crippen molar-refractivity contribution in [2.24, 2.45) is 5.92 Å². The highest BCUT2D eigenvalue weighted by atomic mass is 127. The highest BCUT2D eigenvalue weighted by molar-refractivity contribution is 14.1. The van der Waals surface area contributed by atoms with Crippen molar-refractivity contribution < 1.29 is 28.2 Å². The molecule has 186 valence electrons. The number of hydrogen-bond acceptors (Lipinski definition) is 5. The standard InChI is InChI=1S/C28H25FINO5/c1-17(32)35-24-13-5-20(6-14-24)27-25(28(34)31(27)23-11-9-22(30)10-12-23)15-16-26(36-18(2)33)19-3-7-21(29)8-4-19/h3-14,25-27H,15-16H2,1-2H3/t25?,26-,27+/m0/s1. The predicted molar refractivity (Wildman–Crippen MR) is 141 cm³/mol. The molecule has 0 aliphatic carbocycles. The summed E-state index contributed by atoms with van der Waals surface area (Å²) in [6, 6.07) is 20.4. The number of ether oxygens (including phenoxy) is 2. The second-order valence-electron chi connectivity index (χ2n) is 8.63. The Balaban J connectivity index is 1.59. The van der Waals surface area contributed by atoms with E-state index in [1.165, 1.54) is 26.0 Å². The molecule has 1 aliphatic heterocycles. The molecule has 0 bridgehead atoms. The molecule has 0 N–H and O–H groups in total. The summed E-state index contributed by atoms with van der Waals surface area (Å²) in [5, 5.41) is 0. The molecule has 8 heteroatoms. The fraction of sp³-hybridized carbons (Fsp3) is 0.250. The zero-order valence-corrected chi connectivity index (χ0v) is 22.0. The average Bonchev–Trinajstić information content (AvgIpc) is 2.83. The Bertz CT molecular complexity index is 1240. The summed E-state index contributed by atoms with van der Waals surface area (Å²) < 4.78 is 25.1. The van der Waals surface area contributed by atoms with E-state index in [4.69, 9.17) is 9.47 Å². The molecule has 0 spiro atoms. The average molecular weight is 601 g/mol. The van der Waals surface area contributed by atoms with Gasteiger partial charge in [0.2, 0.25) is 5.91 Å². The van der Waals surface area contributed by atoms with Crippen LogP contribution in [0.25, 0.3) is 0 Å². The lowest BCUT2D eigenvalue weighted by Gasteiger charge is -2.48. The molecule has 3 aromatic rings. The lowest BCUT2D eigenvalue weighted by Crippen LogP contribution is -2.55. The minimum atomic E-state index is -0.588. The molecule has 1 amide bonds. The summed E-state index contributed by atoms with van der Waals surface area (Å²) in [5.41, 5.74) is 2.37. The zero-order chi connectivity index (χ0) is 25.8. The fourth-order valence-corrected chi connectivity index (χ4v) is 4.86. The third-order valence-corrected chi connectivity index (χ3v) is 6.81. The third kappa shape index (κ3) is 5.92. The third-order valence-electron chi connectivity index (χ3n) is 6.09. The Hall–Kier alpha value is -3.27. The Labute approximate surface area is 222 Å². The number of hydrogen-bond donors (Lipinski definition) is 0. The van der Waals surface area contributed by atoms with E-state index in [1.54, 1.807) is 29.2 Å². The van der Waals surface area contributed by atoms with E-state index < -0.39 is 18.0 Å². The van der Waals surface area contributed by atoms with Gasteiger partial charge in [0, 0.05) is 23.1 Å². The van der Waals surface area contributed by atoms with Gasteiger partial charge in [-0.2, -0.15) is 0 Å². The van der Waals surface area contributed by atoms with E-state index in [2.05, 4.69) is 22.6 Å². The van der Waals surface area contributed by atoms with Gasteiger partial charge in [-0.15, -0.1) is 0 Å². The first-order valence-corrected chi connectivity index (χ1v) is 12.6. The summed E-state index contributed by atoms with van der Waals surface area (Å²) >= 11 is 2.22. The number of nitrogens with zero attached hydrogens (tertiary/aromatic N) is 1. The van der Waals surface area contributed by atoms with Crippen LogP contribution in [0.2, 0.25) is 0 Å². The van der Waals surface area contributed by atoms with Gasteiger partial charge in [-0.1, -0.05) is 24.3 Å². The minimum Gasteiger partial charge on any atom is -0.458 e. The first kappa shape index (κ1) is 25.8. The number of carbonyl (C=O) groups is 3. The van der Waals surface area contributed by atoms with Gasteiger partial charge in [0.15, 0.2) is 0 Å². The van der Waals surface area contributed by atoms with E-state index in [9.17, 15) is 18.8 Å². The number of rotatable bonds is 8. The quantitative estimate of drug-likeness (QED) is 0.134. The largest absolute Gasteiger partial charge is 0.458 e. The van der Waals surface area contributed by atoms with E-state index in [0.717, 1.165) is 14.8 Å². The van der Waals surface area contributed by atoms with Crippen LogP contribution in [-0.4, -0.2) is 17.8 Å². The predicted octanol–water partition coefficient (Wildman–Crippen LogP) is 6.14. The molecule has 0 saturated carbocycles. The fourth-order valence-electron chi connectivity index (χ4n) is 4.50. The van der Waals surface area contributed by atoms with Gasteiger partial charge in [0.1, 0.15) is 17.7 Å². The highest BCUT2D eigenvalue weighted by Gasteiger charge is 2.48. The molecule has 3 aromatic carbocycles. The van der Waals surface area contributed by atoms with Gasteiger partial charge in [-0.05, 0) is 95.1 Å². The molecule has 0 aromatic heterocycles. The smallest absolute Gasteiger partial charge is 0.308 e. The number of carbonyl (C=O) groups excluding carboxylic acids is 3. The monoisotopic (exact) mass is 601 g/mol. The number of β-lactam (4-membered cyclic amide) rings is 1. The summed E-state index contributed by atoms with van der Waals surface area (Å²) in [4.78, 5) is 38.1. The van der Waals surface area contributed by atoms with Gasteiger partial charge in [0.05, 0.1) is 12.0 Å². The van der Waals surface area contributed by atoms with E-state index >= 15 is 0 Å². The Kier molecular flexibility index (Phi) is 8.03. The molecular formula is C28H25FINO5. The molecule has 1 fully saturated rings. The normalized spacial score (nSPS) is 17.8. The van der Waals surface area contributed by atoms with Crippen molar-refractivity contribution in [1.82, 2.24) is 0 Å². The first-order valence-electron chi connectivity index (χ1n) is 11.5. The lowest BCUT2D eigenvalue weighted by molar-refractivity contribution is -0.147. The van der Waals surface area contributed by atoms with Gasteiger partial charge in [-0.3, -0.25) is 14.4 Å². The molecule has 6 nitrogen and oxygen atoms in total. The molecule has 1 saturated heterocycles. The second kappa shape index (κ2) is 11.2. The van der Waals surface area contributed by atoms with Crippen LogP contribution < -0.4 is 9.64 Å². The number of benzene rings is 3.